The molecule has 5 aromatic rings. The third-order valence-electron chi connectivity index (χ3n) is 7.06. The molecule has 0 spiro atoms. The quantitative estimate of drug-likeness (QED) is 0.225. The Morgan fingerprint density at radius 1 is 0.872 bits per heavy atom. The highest BCUT2D eigenvalue weighted by atomic mass is 16.5. The zero-order valence-corrected chi connectivity index (χ0v) is 24.6. The molecule has 0 radical (unpaired) electrons. The van der Waals surface area contributed by atoms with Gasteiger partial charge in [-0.25, -0.2) is 9.67 Å². The van der Waals surface area contributed by atoms with Crippen molar-refractivity contribution in [3.63, 3.8) is 0 Å². The van der Waals surface area contributed by atoms with Gasteiger partial charge in [-0.05, 0) is 73.1 Å². The lowest BCUT2D eigenvalue weighted by Crippen LogP contribution is -2.11. The van der Waals surface area contributed by atoms with Gasteiger partial charge in [0.15, 0.2) is 0 Å². The molecule has 6 heteroatoms. The summed E-state index contributed by atoms with van der Waals surface area (Å²) < 4.78 is 10.7. The summed E-state index contributed by atoms with van der Waals surface area (Å²) in [6.07, 6.45) is 3.96. The molecule has 0 saturated heterocycles. The molecule has 0 atom stereocenters. The van der Waals surface area contributed by atoms with Gasteiger partial charge in [0.05, 0.1) is 29.0 Å². The average molecular weight is 522 g/mol. The number of aryl methyl sites for hydroxylation is 2. The van der Waals surface area contributed by atoms with E-state index in [2.05, 4.69) is 95.4 Å². The molecule has 0 unspecified atom stereocenters. The number of aromatic nitrogens is 5. The number of ether oxygens (including phenoxy) is 1. The summed E-state index contributed by atoms with van der Waals surface area (Å²) in [7, 11) is 0. The van der Waals surface area contributed by atoms with E-state index in [4.69, 9.17) is 14.7 Å². The summed E-state index contributed by atoms with van der Waals surface area (Å²) in [6.45, 7) is 19.6. The van der Waals surface area contributed by atoms with Crippen molar-refractivity contribution in [2.45, 2.75) is 79.6 Å². The van der Waals surface area contributed by atoms with E-state index in [1.807, 2.05) is 42.1 Å². The lowest BCUT2D eigenvalue weighted by atomic mass is 9.87. The van der Waals surface area contributed by atoms with Crippen LogP contribution in [0.1, 0.15) is 88.6 Å². The lowest BCUT2D eigenvalue weighted by Gasteiger charge is -2.19. The number of pyridine rings is 2. The van der Waals surface area contributed by atoms with Crippen LogP contribution in [-0.2, 0) is 5.41 Å². The SMILES string of the molecule is Cc1cc(C)n(-c2cccc(Oc3cc(-c4cc(C(C)(C)C)ccn4)c4nc(C(C)C)c(C(C)C)n4c3)c2)n1. The Balaban J connectivity index is 1.68. The smallest absolute Gasteiger partial charge is 0.147 e. The fourth-order valence-electron chi connectivity index (χ4n) is 5.15. The predicted octanol–water partition coefficient (Wildman–Crippen LogP) is 8.54. The van der Waals surface area contributed by atoms with E-state index in [0.29, 0.717) is 11.8 Å². The first-order chi connectivity index (χ1) is 18.4. The number of hydrogen-bond acceptors (Lipinski definition) is 4. The normalized spacial score (nSPS) is 12.2. The van der Waals surface area contributed by atoms with Crippen LogP contribution < -0.4 is 4.74 Å². The highest BCUT2D eigenvalue weighted by Gasteiger charge is 2.23. The van der Waals surface area contributed by atoms with Crippen molar-refractivity contribution < 1.29 is 4.74 Å². The molecule has 39 heavy (non-hydrogen) atoms. The van der Waals surface area contributed by atoms with Gasteiger partial charge in [0.2, 0.25) is 0 Å². The van der Waals surface area contributed by atoms with Gasteiger partial charge in [0.1, 0.15) is 17.1 Å². The van der Waals surface area contributed by atoms with Crippen LogP contribution in [0.3, 0.4) is 0 Å². The van der Waals surface area contributed by atoms with Crippen molar-refractivity contribution in [1.82, 2.24) is 24.1 Å². The monoisotopic (exact) mass is 521 g/mol. The minimum Gasteiger partial charge on any atom is -0.456 e. The molecule has 0 aliphatic heterocycles. The van der Waals surface area contributed by atoms with E-state index in [-0.39, 0.29) is 5.41 Å². The molecule has 0 saturated carbocycles. The number of rotatable bonds is 6. The highest BCUT2D eigenvalue weighted by molar-refractivity contribution is 5.78. The van der Waals surface area contributed by atoms with Gasteiger partial charge in [-0.15, -0.1) is 0 Å². The first-order valence-electron chi connectivity index (χ1n) is 13.8. The fourth-order valence-corrected chi connectivity index (χ4v) is 5.15. The van der Waals surface area contributed by atoms with Crippen LogP contribution in [0.4, 0.5) is 0 Å². The highest BCUT2D eigenvalue weighted by Crippen LogP contribution is 2.36. The number of fused-ring (bicyclic) bond motifs is 1. The Labute approximate surface area is 231 Å². The molecule has 0 N–H and O–H groups in total. The summed E-state index contributed by atoms with van der Waals surface area (Å²) in [6, 6.07) is 16.5. The summed E-state index contributed by atoms with van der Waals surface area (Å²) in [5, 5.41) is 4.64. The van der Waals surface area contributed by atoms with E-state index in [0.717, 1.165) is 51.2 Å². The molecule has 1 aromatic carbocycles. The Morgan fingerprint density at radius 2 is 1.64 bits per heavy atom. The topological polar surface area (TPSA) is 57.2 Å². The Hall–Kier alpha value is -3.93. The Bertz CT molecular complexity index is 1650. The molecule has 202 valence electrons. The van der Waals surface area contributed by atoms with Crippen molar-refractivity contribution in [1.29, 1.82) is 0 Å². The Kier molecular flexibility index (Phi) is 6.83. The zero-order valence-electron chi connectivity index (χ0n) is 24.6. The van der Waals surface area contributed by atoms with Crippen LogP contribution in [0.2, 0.25) is 0 Å². The summed E-state index contributed by atoms with van der Waals surface area (Å²) in [5.74, 6) is 2.08. The van der Waals surface area contributed by atoms with Crippen molar-refractivity contribution >= 4 is 5.65 Å². The van der Waals surface area contributed by atoms with Crippen LogP contribution in [0.5, 0.6) is 11.5 Å². The molecule has 0 fully saturated rings. The molecule has 4 aromatic heterocycles. The minimum absolute atomic E-state index is 0.00706. The van der Waals surface area contributed by atoms with Gasteiger partial charge >= 0.3 is 0 Å². The minimum atomic E-state index is 0.00706. The second-order valence-corrected chi connectivity index (χ2v) is 12.1. The van der Waals surface area contributed by atoms with Crippen molar-refractivity contribution in [2.75, 3.05) is 0 Å². The molecule has 0 aliphatic carbocycles. The first-order valence-corrected chi connectivity index (χ1v) is 13.8. The van der Waals surface area contributed by atoms with Gasteiger partial charge in [-0.1, -0.05) is 54.5 Å². The second-order valence-electron chi connectivity index (χ2n) is 12.1. The third kappa shape index (κ3) is 5.20. The van der Waals surface area contributed by atoms with Crippen LogP contribution in [0.25, 0.3) is 22.6 Å². The van der Waals surface area contributed by atoms with Gasteiger partial charge in [0.25, 0.3) is 0 Å². The van der Waals surface area contributed by atoms with Crippen LogP contribution >= 0.6 is 0 Å². The molecular formula is C33H39N5O. The molecule has 6 nitrogen and oxygen atoms in total. The number of nitrogens with zero attached hydrogens (tertiary/aromatic N) is 5. The van der Waals surface area contributed by atoms with Gasteiger partial charge in [0, 0.05) is 29.2 Å². The van der Waals surface area contributed by atoms with Crippen LogP contribution in [-0.4, -0.2) is 24.1 Å². The van der Waals surface area contributed by atoms with E-state index < -0.39 is 0 Å². The van der Waals surface area contributed by atoms with Crippen molar-refractivity contribution in [3.05, 3.63) is 89.3 Å². The van der Waals surface area contributed by atoms with Crippen LogP contribution in [0, 0.1) is 13.8 Å². The molecule has 0 amide bonds. The molecular weight excluding hydrogens is 482 g/mol. The number of hydrogen-bond donors (Lipinski definition) is 0. The standard InChI is InChI=1S/C33H39N5O/c1-20(2)30-31(21(3)4)37-19-27(39-26-12-10-11-25(17-26)38-23(6)15-22(5)36-38)18-28(32(37)35-30)29-16-24(13-14-34-29)33(7,8)9/h10-21H,1-9H3. The van der Waals surface area contributed by atoms with Crippen molar-refractivity contribution in [2.24, 2.45) is 0 Å². The van der Waals surface area contributed by atoms with E-state index in [1.54, 1.807) is 0 Å². The van der Waals surface area contributed by atoms with E-state index in [1.165, 1.54) is 11.3 Å². The van der Waals surface area contributed by atoms with Gasteiger partial charge in [-0.3, -0.25) is 9.38 Å². The Morgan fingerprint density at radius 3 is 2.28 bits per heavy atom. The summed E-state index contributed by atoms with van der Waals surface area (Å²) in [4.78, 5) is 9.97. The third-order valence-corrected chi connectivity index (χ3v) is 7.06. The number of benzene rings is 1. The zero-order chi connectivity index (χ0) is 28.1. The van der Waals surface area contributed by atoms with Crippen LogP contribution in [0.15, 0.2) is 60.9 Å². The molecule has 5 rings (SSSR count). The summed E-state index contributed by atoms with van der Waals surface area (Å²) in [5.41, 5.74) is 9.35. The maximum atomic E-state index is 6.54. The van der Waals surface area contributed by atoms with E-state index >= 15 is 0 Å². The molecule has 0 bridgehead atoms. The average Bonchev–Trinajstić information content (AvgIpc) is 3.43. The fraction of sp³-hybridized carbons (Fsp3) is 0.364. The largest absolute Gasteiger partial charge is 0.456 e. The second kappa shape index (κ2) is 9.99. The maximum Gasteiger partial charge on any atom is 0.147 e. The number of imidazole rings is 1. The molecule has 0 aliphatic rings. The summed E-state index contributed by atoms with van der Waals surface area (Å²) >= 11 is 0. The van der Waals surface area contributed by atoms with Gasteiger partial charge in [-0.2, -0.15) is 5.10 Å². The first kappa shape index (κ1) is 26.7. The van der Waals surface area contributed by atoms with Gasteiger partial charge < -0.3 is 4.74 Å². The van der Waals surface area contributed by atoms with E-state index in [9.17, 15) is 0 Å². The maximum absolute atomic E-state index is 6.54. The molecule has 4 heterocycles. The predicted molar refractivity (Wildman–Crippen MR) is 158 cm³/mol. The lowest BCUT2D eigenvalue weighted by molar-refractivity contribution is 0.478. The van der Waals surface area contributed by atoms with Crippen molar-refractivity contribution in [3.8, 4) is 28.4 Å².